The van der Waals surface area contributed by atoms with Crippen molar-refractivity contribution < 1.29 is 0 Å². The lowest BCUT2D eigenvalue weighted by Gasteiger charge is -2.25. The first kappa shape index (κ1) is 11.1. The van der Waals surface area contributed by atoms with Crippen molar-refractivity contribution in [1.82, 2.24) is 0 Å². The Morgan fingerprint density at radius 2 is 1.59 bits per heavy atom. The molecule has 3 rings (SSSR count). The van der Waals surface area contributed by atoms with Gasteiger partial charge in [-0.05, 0) is 49.5 Å². The second-order valence-corrected chi connectivity index (χ2v) is 5.64. The van der Waals surface area contributed by atoms with Crippen LogP contribution in [0.4, 0.5) is 0 Å². The smallest absolute Gasteiger partial charge is 0.0124 e. The molecule has 0 bridgehead atoms. The lowest BCUT2D eigenvalue weighted by atomic mass is 9.80. The zero-order chi connectivity index (χ0) is 11.5. The van der Waals surface area contributed by atoms with Crippen molar-refractivity contribution in [3.8, 4) is 0 Å². The molecule has 1 unspecified atom stereocenters. The van der Waals surface area contributed by atoms with Gasteiger partial charge in [0.15, 0.2) is 0 Å². The van der Waals surface area contributed by atoms with Gasteiger partial charge in [-0.1, -0.05) is 54.8 Å². The molecule has 0 radical (unpaired) electrons. The Kier molecular flexibility index (Phi) is 3.31. The molecule has 0 aromatic heterocycles. The van der Waals surface area contributed by atoms with Gasteiger partial charge in [0.1, 0.15) is 0 Å². The molecule has 0 amide bonds. The standard InChI is InChI=1S/C17H22/c1-2-6-14(7-3-1)16-10-12-17(13-11-16)15-8-4-5-9-15/h1-3,6-7,12,15-16H,4-5,8-11,13H2. The number of allylic oxidation sites excluding steroid dienone is 2. The highest BCUT2D eigenvalue weighted by Gasteiger charge is 2.23. The Labute approximate surface area is 105 Å². The summed E-state index contributed by atoms with van der Waals surface area (Å²) < 4.78 is 0. The molecule has 0 N–H and O–H groups in total. The minimum absolute atomic E-state index is 0.779. The number of benzene rings is 1. The lowest BCUT2D eigenvalue weighted by molar-refractivity contribution is 0.526. The van der Waals surface area contributed by atoms with Gasteiger partial charge in [-0.15, -0.1) is 0 Å². The van der Waals surface area contributed by atoms with Gasteiger partial charge in [-0.2, -0.15) is 0 Å². The molecule has 2 aliphatic rings. The molecule has 1 saturated carbocycles. The fraction of sp³-hybridized carbons (Fsp3) is 0.529. The average molecular weight is 226 g/mol. The second-order valence-electron chi connectivity index (χ2n) is 5.64. The molecular formula is C17H22. The third kappa shape index (κ3) is 2.46. The van der Waals surface area contributed by atoms with E-state index in [0.717, 1.165) is 11.8 Å². The van der Waals surface area contributed by atoms with Crippen molar-refractivity contribution >= 4 is 0 Å². The zero-order valence-electron chi connectivity index (χ0n) is 10.6. The molecule has 0 heteroatoms. The van der Waals surface area contributed by atoms with Crippen molar-refractivity contribution in [2.24, 2.45) is 5.92 Å². The summed E-state index contributed by atoms with van der Waals surface area (Å²) in [7, 11) is 0. The van der Waals surface area contributed by atoms with E-state index in [9.17, 15) is 0 Å². The Morgan fingerprint density at radius 3 is 2.24 bits per heavy atom. The van der Waals surface area contributed by atoms with Gasteiger partial charge in [-0.25, -0.2) is 0 Å². The van der Waals surface area contributed by atoms with Crippen molar-refractivity contribution in [3.63, 3.8) is 0 Å². The Hall–Kier alpha value is -1.04. The van der Waals surface area contributed by atoms with Gasteiger partial charge in [-0.3, -0.25) is 0 Å². The number of rotatable bonds is 2. The molecule has 1 fully saturated rings. The third-order valence-electron chi connectivity index (χ3n) is 4.60. The molecule has 2 aliphatic carbocycles. The van der Waals surface area contributed by atoms with Crippen LogP contribution in [-0.2, 0) is 0 Å². The normalized spacial score (nSPS) is 25.9. The Bertz CT molecular complexity index is 382. The van der Waals surface area contributed by atoms with Gasteiger partial charge in [0.25, 0.3) is 0 Å². The van der Waals surface area contributed by atoms with Crippen LogP contribution >= 0.6 is 0 Å². The molecular weight excluding hydrogens is 204 g/mol. The summed E-state index contributed by atoms with van der Waals surface area (Å²) in [5, 5.41) is 0. The summed E-state index contributed by atoms with van der Waals surface area (Å²) in [5.74, 6) is 1.73. The minimum atomic E-state index is 0.779. The van der Waals surface area contributed by atoms with Crippen LogP contribution in [0.5, 0.6) is 0 Å². The SMILES string of the molecule is C1=C(C2CCCC2)CCC(c2ccccc2)C1. The van der Waals surface area contributed by atoms with Crippen LogP contribution in [0, 0.1) is 5.92 Å². The van der Waals surface area contributed by atoms with E-state index in [2.05, 4.69) is 36.4 Å². The molecule has 1 atom stereocenters. The summed E-state index contributed by atoms with van der Waals surface area (Å²) in [6.07, 6.45) is 12.4. The van der Waals surface area contributed by atoms with E-state index in [4.69, 9.17) is 0 Å². The highest BCUT2D eigenvalue weighted by Crippen LogP contribution is 2.39. The summed E-state index contributed by atoms with van der Waals surface area (Å²) in [4.78, 5) is 0. The van der Waals surface area contributed by atoms with E-state index in [-0.39, 0.29) is 0 Å². The monoisotopic (exact) mass is 226 g/mol. The minimum Gasteiger partial charge on any atom is -0.0844 e. The van der Waals surface area contributed by atoms with Gasteiger partial charge in [0, 0.05) is 0 Å². The molecule has 90 valence electrons. The van der Waals surface area contributed by atoms with Crippen LogP contribution in [0.25, 0.3) is 0 Å². The van der Waals surface area contributed by atoms with Gasteiger partial charge in [0.2, 0.25) is 0 Å². The molecule has 0 heterocycles. The number of hydrogen-bond donors (Lipinski definition) is 0. The van der Waals surface area contributed by atoms with Crippen LogP contribution in [-0.4, -0.2) is 0 Å². The van der Waals surface area contributed by atoms with Crippen molar-refractivity contribution in [2.75, 3.05) is 0 Å². The van der Waals surface area contributed by atoms with Crippen LogP contribution in [0.2, 0.25) is 0 Å². The molecule has 0 spiro atoms. The average Bonchev–Trinajstić information content (AvgIpc) is 2.94. The summed E-state index contributed by atoms with van der Waals surface area (Å²) in [6.45, 7) is 0. The maximum atomic E-state index is 2.57. The zero-order valence-corrected chi connectivity index (χ0v) is 10.6. The highest BCUT2D eigenvalue weighted by molar-refractivity contribution is 5.24. The van der Waals surface area contributed by atoms with Gasteiger partial charge >= 0.3 is 0 Å². The maximum Gasteiger partial charge on any atom is -0.0124 e. The molecule has 0 saturated heterocycles. The van der Waals surface area contributed by atoms with Crippen molar-refractivity contribution in [3.05, 3.63) is 47.5 Å². The maximum absolute atomic E-state index is 2.57. The molecule has 0 aliphatic heterocycles. The summed E-state index contributed by atoms with van der Waals surface area (Å²) >= 11 is 0. The first-order valence-corrected chi connectivity index (χ1v) is 7.17. The van der Waals surface area contributed by atoms with E-state index >= 15 is 0 Å². The molecule has 0 nitrogen and oxygen atoms in total. The fourth-order valence-electron chi connectivity index (χ4n) is 3.55. The topological polar surface area (TPSA) is 0 Å². The number of hydrogen-bond acceptors (Lipinski definition) is 0. The van der Waals surface area contributed by atoms with Gasteiger partial charge < -0.3 is 0 Å². The predicted octanol–water partition coefficient (Wildman–Crippen LogP) is 5.07. The fourth-order valence-corrected chi connectivity index (χ4v) is 3.55. The van der Waals surface area contributed by atoms with E-state index in [1.807, 2.05) is 0 Å². The van der Waals surface area contributed by atoms with E-state index in [1.165, 1.54) is 50.5 Å². The third-order valence-corrected chi connectivity index (χ3v) is 4.60. The van der Waals surface area contributed by atoms with Crippen molar-refractivity contribution in [2.45, 2.75) is 50.9 Å². The van der Waals surface area contributed by atoms with E-state index < -0.39 is 0 Å². The van der Waals surface area contributed by atoms with E-state index in [0.29, 0.717) is 0 Å². The lowest BCUT2D eigenvalue weighted by Crippen LogP contribution is -2.08. The predicted molar refractivity (Wildman–Crippen MR) is 73.1 cm³/mol. The molecule has 17 heavy (non-hydrogen) atoms. The van der Waals surface area contributed by atoms with Crippen LogP contribution in [0.3, 0.4) is 0 Å². The summed E-state index contributed by atoms with van der Waals surface area (Å²) in [5.41, 5.74) is 3.32. The second kappa shape index (κ2) is 5.08. The summed E-state index contributed by atoms with van der Waals surface area (Å²) in [6, 6.07) is 11.0. The molecule has 1 aromatic rings. The largest absolute Gasteiger partial charge is 0.0844 e. The van der Waals surface area contributed by atoms with Crippen LogP contribution in [0.15, 0.2) is 42.0 Å². The van der Waals surface area contributed by atoms with Gasteiger partial charge in [0.05, 0.1) is 0 Å². The van der Waals surface area contributed by atoms with Crippen LogP contribution < -0.4 is 0 Å². The van der Waals surface area contributed by atoms with Crippen LogP contribution in [0.1, 0.15) is 56.4 Å². The van der Waals surface area contributed by atoms with Crippen molar-refractivity contribution in [1.29, 1.82) is 0 Å². The Morgan fingerprint density at radius 1 is 0.824 bits per heavy atom. The quantitative estimate of drug-likeness (QED) is 0.617. The highest BCUT2D eigenvalue weighted by atomic mass is 14.3. The first-order chi connectivity index (χ1) is 8.43. The Balaban J connectivity index is 1.66. The van der Waals surface area contributed by atoms with E-state index in [1.54, 1.807) is 5.57 Å². The molecule has 1 aromatic carbocycles. The first-order valence-electron chi connectivity index (χ1n) is 7.17.